The highest BCUT2D eigenvalue weighted by Gasteiger charge is 2.25. The highest BCUT2D eigenvalue weighted by Crippen LogP contribution is 2.28. The lowest BCUT2D eigenvalue weighted by Crippen LogP contribution is -2.33. The second-order valence-electron chi connectivity index (χ2n) is 5.21. The normalized spacial score (nSPS) is 23.1. The number of benzene rings is 1. The summed E-state index contributed by atoms with van der Waals surface area (Å²) in [5, 5.41) is 12.1. The summed E-state index contributed by atoms with van der Waals surface area (Å²) in [4.78, 5) is 12.1. The van der Waals surface area contributed by atoms with Gasteiger partial charge < -0.3 is 10.4 Å². The minimum absolute atomic E-state index is 0.116. The van der Waals surface area contributed by atoms with Crippen LogP contribution in [0.3, 0.4) is 0 Å². The number of aliphatic hydroxyl groups is 1. The molecule has 0 unspecified atom stereocenters. The predicted octanol–water partition coefficient (Wildman–Crippen LogP) is 2.86. The molecule has 1 aliphatic carbocycles. The van der Waals surface area contributed by atoms with Crippen LogP contribution in [0.1, 0.15) is 31.2 Å². The second kappa shape index (κ2) is 7.06. The van der Waals surface area contributed by atoms with E-state index in [2.05, 4.69) is 21.2 Å². The summed E-state index contributed by atoms with van der Waals surface area (Å²) in [6.45, 7) is 0.825. The quantitative estimate of drug-likeness (QED) is 0.894. The number of carbonyl (C=O) groups excluding carboxylic acids is 1. The SMILES string of the molecule is O=C(NCc1ccccc1Br)C1CCC(CO)CC1. The van der Waals surface area contributed by atoms with Crippen LogP contribution in [0.5, 0.6) is 0 Å². The van der Waals surface area contributed by atoms with Crippen LogP contribution in [-0.4, -0.2) is 17.6 Å². The van der Waals surface area contributed by atoms with E-state index in [0.29, 0.717) is 12.5 Å². The molecule has 0 saturated heterocycles. The maximum atomic E-state index is 12.1. The van der Waals surface area contributed by atoms with Gasteiger partial charge in [0.25, 0.3) is 0 Å². The molecule has 104 valence electrons. The van der Waals surface area contributed by atoms with Crippen LogP contribution in [0.2, 0.25) is 0 Å². The molecule has 0 radical (unpaired) electrons. The fourth-order valence-electron chi connectivity index (χ4n) is 2.58. The zero-order chi connectivity index (χ0) is 13.7. The Kier molecular flexibility index (Phi) is 5.40. The number of nitrogens with one attached hydrogen (secondary N) is 1. The first-order valence-electron chi connectivity index (χ1n) is 6.82. The van der Waals surface area contributed by atoms with Gasteiger partial charge in [-0.15, -0.1) is 0 Å². The first-order valence-corrected chi connectivity index (χ1v) is 7.62. The largest absolute Gasteiger partial charge is 0.396 e. The van der Waals surface area contributed by atoms with Crippen molar-refractivity contribution in [3.05, 3.63) is 34.3 Å². The molecule has 2 N–H and O–H groups in total. The fourth-order valence-corrected chi connectivity index (χ4v) is 3.00. The van der Waals surface area contributed by atoms with Crippen molar-refractivity contribution in [2.75, 3.05) is 6.61 Å². The molecule has 0 spiro atoms. The zero-order valence-electron chi connectivity index (χ0n) is 10.9. The Morgan fingerprint density at radius 2 is 1.95 bits per heavy atom. The van der Waals surface area contributed by atoms with Crippen molar-refractivity contribution in [1.29, 1.82) is 0 Å². The Hall–Kier alpha value is -0.870. The minimum Gasteiger partial charge on any atom is -0.396 e. The van der Waals surface area contributed by atoms with Gasteiger partial charge in [-0.1, -0.05) is 34.1 Å². The van der Waals surface area contributed by atoms with E-state index in [0.717, 1.165) is 35.7 Å². The van der Waals surface area contributed by atoms with E-state index in [-0.39, 0.29) is 18.4 Å². The number of aliphatic hydroxyl groups excluding tert-OH is 1. The van der Waals surface area contributed by atoms with Crippen LogP contribution in [0.15, 0.2) is 28.7 Å². The summed E-state index contributed by atoms with van der Waals surface area (Å²) in [7, 11) is 0. The number of hydrogen-bond acceptors (Lipinski definition) is 2. The average molecular weight is 326 g/mol. The molecular formula is C15H20BrNO2. The van der Waals surface area contributed by atoms with Crippen molar-refractivity contribution in [1.82, 2.24) is 5.32 Å². The maximum absolute atomic E-state index is 12.1. The van der Waals surface area contributed by atoms with Crippen LogP contribution in [0.25, 0.3) is 0 Å². The van der Waals surface area contributed by atoms with Crippen molar-refractivity contribution < 1.29 is 9.90 Å². The van der Waals surface area contributed by atoms with Gasteiger partial charge in [0.15, 0.2) is 0 Å². The molecule has 1 saturated carbocycles. The third-order valence-electron chi connectivity index (χ3n) is 3.89. The zero-order valence-corrected chi connectivity index (χ0v) is 12.5. The van der Waals surface area contributed by atoms with Gasteiger partial charge in [0.05, 0.1) is 0 Å². The summed E-state index contributed by atoms with van der Waals surface area (Å²) in [6, 6.07) is 7.92. The van der Waals surface area contributed by atoms with Crippen LogP contribution in [-0.2, 0) is 11.3 Å². The van der Waals surface area contributed by atoms with E-state index in [9.17, 15) is 4.79 Å². The Morgan fingerprint density at radius 3 is 2.58 bits per heavy atom. The molecule has 1 fully saturated rings. The summed E-state index contributed by atoms with van der Waals surface area (Å²) in [5.41, 5.74) is 1.10. The number of amides is 1. The monoisotopic (exact) mass is 325 g/mol. The lowest BCUT2D eigenvalue weighted by molar-refractivity contribution is -0.126. The number of carbonyl (C=O) groups is 1. The summed E-state index contributed by atoms with van der Waals surface area (Å²) >= 11 is 3.48. The van der Waals surface area contributed by atoms with Gasteiger partial charge in [-0.2, -0.15) is 0 Å². The standard InChI is InChI=1S/C15H20BrNO2/c16-14-4-2-1-3-13(14)9-17-15(19)12-7-5-11(10-18)6-8-12/h1-4,11-12,18H,5-10H2,(H,17,19). The molecule has 0 aliphatic heterocycles. The lowest BCUT2D eigenvalue weighted by atomic mass is 9.82. The number of rotatable bonds is 4. The number of halogens is 1. The molecule has 1 aromatic rings. The molecule has 1 aromatic carbocycles. The highest BCUT2D eigenvalue weighted by molar-refractivity contribution is 9.10. The van der Waals surface area contributed by atoms with Gasteiger partial charge in [0.2, 0.25) is 5.91 Å². The fraction of sp³-hybridized carbons (Fsp3) is 0.533. The van der Waals surface area contributed by atoms with Gasteiger partial charge >= 0.3 is 0 Å². The minimum atomic E-state index is 0.116. The van der Waals surface area contributed by atoms with E-state index in [1.807, 2.05) is 24.3 Å². The molecular weight excluding hydrogens is 306 g/mol. The van der Waals surface area contributed by atoms with Crippen molar-refractivity contribution in [3.63, 3.8) is 0 Å². The van der Waals surface area contributed by atoms with Crippen molar-refractivity contribution in [3.8, 4) is 0 Å². The molecule has 0 heterocycles. The van der Waals surface area contributed by atoms with E-state index in [4.69, 9.17) is 5.11 Å². The maximum Gasteiger partial charge on any atom is 0.223 e. The average Bonchev–Trinajstić information content (AvgIpc) is 2.46. The van der Waals surface area contributed by atoms with Crippen molar-refractivity contribution in [2.24, 2.45) is 11.8 Å². The molecule has 4 heteroatoms. The van der Waals surface area contributed by atoms with Gasteiger partial charge in [-0.3, -0.25) is 4.79 Å². The Morgan fingerprint density at radius 1 is 1.26 bits per heavy atom. The number of hydrogen-bond donors (Lipinski definition) is 2. The van der Waals surface area contributed by atoms with E-state index < -0.39 is 0 Å². The Balaban J connectivity index is 1.81. The summed E-state index contributed by atoms with van der Waals surface area (Å²) in [6.07, 6.45) is 3.72. The third-order valence-corrected chi connectivity index (χ3v) is 4.66. The van der Waals surface area contributed by atoms with E-state index in [1.165, 1.54) is 0 Å². The smallest absolute Gasteiger partial charge is 0.223 e. The predicted molar refractivity (Wildman–Crippen MR) is 78.5 cm³/mol. The van der Waals surface area contributed by atoms with E-state index >= 15 is 0 Å². The van der Waals surface area contributed by atoms with Crippen molar-refractivity contribution in [2.45, 2.75) is 32.2 Å². The molecule has 0 aromatic heterocycles. The topological polar surface area (TPSA) is 49.3 Å². The van der Waals surface area contributed by atoms with Crippen LogP contribution in [0.4, 0.5) is 0 Å². The van der Waals surface area contributed by atoms with E-state index in [1.54, 1.807) is 0 Å². The second-order valence-corrected chi connectivity index (χ2v) is 6.06. The third kappa shape index (κ3) is 4.05. The Bertz CT molecular complexity index is 428. The van der Waals surface area contributed by atoms with Gasteiger partial charge in [-0.25, -0.2) is 0 Å². The van der Waals surface area contributed by atoms with Crippen molar-refractivity contribution >= 4 is 21.8 Å². The van der Waals surface area contributed by atoms with Gasteiger partial charge in [0, 0.05) is 23.5 Å². The lowest BCUT2D eigenvalue weighted by Gasteiger charge is -2.26. The molecule has 3 nitrogen and oxygen atoms in total. The first kappa shape index (κ1) is 14.5. The molecule has 0 atom stereocenters. The molecule has 0 bridgehead atoms. The molecule has 1 aliphatic rings. The van der Waals surface area contributed by atoms with Gasteiger partial charge in [0.1, 0.15) is 0 Å². The first-order chi connectivity index (χ1) is 9.20. The molecule has 1 amide bonds. The molecule has 19 heavy (non-hydrogen) atoms. The molecule has 2 rings (SSSR count). The van der Waals surface area contributed by atoms with Crippen LogP contribution < -0.4 is 5.32 Å². The van der Waals surface area contributed by atoms with Crippen LogP contribution in [0, 0.1) is 11.8 Å². The highest BCUT2D eigenvalue weighted by atomic mass is 79.9. The van der Waals surface area contributed by atoms with Crippen LogP contribution >= 0.6 is 15.9 Å². The Labute approximate surface area is 122 Å². The van der Waals surface area contributed by atoms with Gasteiger partial charge in [-0.05, 0) is 43.2 Å². The summed E-state index contributed by atoms with van der Waals surface area (Å²) in [5.74, 6) is 0.657. The summed E-state index contributed by atoms with van der Waals surface area (Å²) < 4.78 is 1.03.